The second-order valence-corrected chi connectivity index (χ2v) is 7.43. The minimum atomic E-state index is -0.594. The molecule has 0 saturated heterocycles. The Morgan fingerprint density at radius 2 is 2.00 bits per heavy atom. The number of aromatic nitrogens is 2. The number of aryl methyl sites for hydroxylation is 1. The molecule has 3 rings (SSSR count). The molecule has 0 fully saturated rings. The number of fused-ring (bicyclic) bond motifs is 3. The highest BCUT2D eigenvalue weighted by Gasteiger charge is 2.24. The van der Waals surface area contributed by atoms with Crippen LogP contribution in [0.3, 0.4) is 0 Å². The van der Waals surface area contributed by atoms with Crippen LogP contribution in [0.25, 0.3) is 20.2 Å². The molecule has 1 amide bonds. The average Bonchev–Trinajstić information content (AvgIpc) is 3.00. The van der Waals surface area contributed by atoms with E-state index in [4.69, 9.17) is 0 Å². The topological polar surface area (TPSA) is 64.0 Å². The van der Waals surface area contributed by atoms with Gasteiger partial charge in [0.25, 0.3) is 5.56 Å². The fourth-order valence-corrected chi connectivity index (χ4v) is 4.14. The Labute approximate surface area is 150 Å². The first-order valence-corrected chi connectivity index (χ1v) is 9.50. The third-order valence-corrected chi connectivity index (χ3v) is 5.87. The maximum atomic E-state index is 13.1. The van der Waals surface area contributed by atoms with Crippen molar-refractivity contribution in [2.24, 2.45) is 0 Å². The fraction of sp³-hybridized carbons (Fsp3) is 0.421. The second-order valence-electron chi connectivity index (χ2n) is 6.38. The van der Waals surface area contributed by atoms with Crippen molar-refractivity contribution in [1.82, 2.24) is 15.1 Å². The van der Waals surface area contributed by atoms with Gasteiger partial charge in [-0.05, 0) is 32.8 Å². The Hall–Kier alpha value is -2.21. The summed E-state index contributed by atoms with van der Waals surface area (Å²) in [6, 6.07) is 7.34. The zero-order chi connectivity index (χ0) is 18.1. The summed E-state index contributed by atoms with van der Waals surface area (Å²) >= 11 is 1.58. The van der Waals surface area contributed by atoms with Crippen molar-refractivity contribution >= 4 is 37.4 Å². The zero-order valence-corrected chi connectivity index (χ0v) is 15.8. The number of benzene rings is 1. The lowest BCUT2D eigenvalue weighted by Gasteiger charge is -2.20. The van der Waals surface area contributed by atoms with Crippen LogP contribution in [0.2, 0.25) is 0 Å². The van der Waals surface area contributed by atoms with Gasteiger partial charge in [-0.25, -0.2) is 4.68 Å². The molecule has 0 unspecified atom stereocenters. The quantitative estimate of drug-likeness (QED) is 0.756. The first kappa shape index (κ1) is 17.6. The molecule has 6 heteroatoms. The Balaban J connectivity index is 2.19. The normalized spacial score (nSPS) is 13.9. The van der Waals surface area contributed by atoms with E-state index in [1.54, 1.807) is 11.3 Å². The number of amides is 1. The number of nitrogens with zero attached hydrogens (tertiary/aromatic N) is 2. The second kappa shape index (κ2) is 6.96. The van der Waals surface area contributed by atoms with Gasteiger partial charge < -0.3 is 5.32 Å². The molecular formula is C19H23N3O2S. The highest BCUT2D eigenvalue weighted by Crippen LogP contribution is 2.33. The van der Waals surface area contributed by atoms with Gasteiger partial charge in [-0.2, -0.15) is 5.10 Å². The average molecular weight is 357 g/mol. The number of carbonyl (C=O) groups is 1. The lowest BCUT2D eigenvalue weighted by Crippen LogP contribution is -2.41. The van der Waals surface area contributed by atoms with Crippen molar-refractivity contribution in [2.75, 3.05) is 0 Å². The summed E-state index contributed by atoms with van der Waals surface area (Å²) < 4.78 is 3.34. The maximum Gasteiger partial charge on any atom is 0.276 e. The van der Waals surface area contributed by atoms with Crippen LogP contribution in [0, 0.1) is 6.92 Å². The van der Waals surface area contributed by atoms with Crippen LogP contribution in [0.5, 0.6) is 0 Å². The first-order chi connectivity index (χ1) is 12.0. The first-order valence-electron chi connectivity index (χ1n) is 8.68. The van der Waals surface area contributed by atoms with Gasteiger partial charge >= 0.3 is 0 Å². The van der Waals surface area contributed by atoms with E-state index >= 15 is 0 Å². The van der Waals surface area contributed by atoms with E-state index in [0.717, 1.165) is 26.9 Å². The zero-order valence-electron chi connectivity index (χ0n) is 15.0. The molecule has 1 N–H and O–H groups in total. The summed E-state index contributed by atoms with van der Waals surface area (Å²) in [5.41, 5.74) is 0.592. The van der Waals surface area contributed by atoms with Crippen molar-refractivity contribution in [3.63, 3.8) is 0 Å². The highest BCUT2D eigenvalue weighted by molar-refractivity contribution is 7.26. The van der Waals surface area contributed by atoms with E-state index in [9.17, 15) is 9.59 Å². The van der Waals surface area contributed by atoms with Crippen LogP contribution in [-0.4, -0.2) is 21.7 Å². The van der Waals surface area contributed by atoms with E-state index in [0.29, 0.717) is 11.8 Å². The number of nitrogens with one attached hydrogen (secondary N) is 1. The highest BCUT2D eigenvalue weighted by atomic mass is 32.1. The van der Waals surface area contributed by atoms with Gasteiger partial charge in [0.2, 0.25) is 5.91 Å². The molecule has 0 bridgehead atoms. The standard InChI is InChI=1S/C19H23N3O2S/c1-5-11(3)20-18(23)14(6-2)22-19(24)16-13-9-7-8-10-15(13)25-17(16)12(4)21-22/h7-11,14H,5-6H2,1-4H3,(H,20,23)/t11-,14-/m1/s1. The van der Waals surface area contributed by atoms with Gasteiger partial charge in [0.1, 0.15) is 6.04 Å². The molecule has 2 atom stereocenters. The van der Waals surface area contributed by atoms with E-state index in [1.165, 1.54) is 4.68 Å². The van der Waals surface area contributed by atoms with Gasteiger partial charge in [-0.15, -0.1) is 11.3 Å². The number of hydrogen-bond donors (Lipinski definition) is 1. The molecule has 1 aromatic carbocycles. The number of carbonyl (C=O) groups excluding carboxylic acids is 1. The van der Waals surface area contributed by atoms with Crippen molar-refractivity contribution in [1.29, 1.82) is 0 Å². The Morgan fingerprint density at radius 1 is 1.28 bits per heavy atom. The maximum absolute atomic E-state index is 13.1. The molecule has 0 radical (unpaired) electrons. The van der Waals surface area contributed by atoms with Crippen molar-refractivity contribution < 1.29 is 4.79 Å². The summed E-state index contributed by atoms with van der Waals surface area (Å²) in [6.45, 7) is 7.78. The largest absolute Gasteiger partial charge is 0.352 e. The Morgan fingerprint density at radius 3 is 2.68 bits per heavy atom. The van der Waals surface area contributed by atoms with Crippen LogP contribution in [0.1, 0.15) is 45.3 Å². The van der Waals surface area contributed by atoms with Gasteiger partial charge in [0.15, 0.2) is 0 Å². The summed E-state index contributed by atoms with van der Waals surface area (Å²) in [5.74, 6) is -0.148. The van der Waals surface area contributed by atoms with Crippen LogP contribution < -0.4 is 10.9 Å². The third-order valence-electron chi connectivity index (χ3n) is 4.59. The van der Waals surface area contributed by atoms with Crippen LogP contribution in [-0.2, 0) is 4.79 Å². The van der Waals surface area contributed by atoms with Crippen LogP contribution in [0.15, 0.2) is 29.1 Å². The lowest BCUT2D eigenvalue weighted by atomic mass is 10.1. The van der Waals surface area contributed by atoms with Crippen LogP contribution >= 0.6 is 11.3 Å². The minimum absolute atomic E-state index is 0.0732. The molecule has 132 valence electrons. The predicted molar refractivity (Wildman–Crippen MR) is 103 cm³/mol. The molecule has 0 spiro atoms. The molecule has 25 heavy (non-hydrogen) atoms. The predicted octanol–water partition coefficient (Wildman–Crippen LogP) is 3.79. The summed E-state index contributed by atoms with van der Waals surface area (Å²) in [7, 11) is 0. The van der Waals surface area contributed by atoms with E-state index in [1.807, 2.05) is 52.0 Å². The summed E-state index contributed by atoms with van der Waals surface area (Å²) in [5, 5.41) is 9.05. The summed E-state index contributed by atoms with van der Waals surface area (Å²) in [6.07, 6.45) is 1.36. The number of rotatable bonds is 5. The van der Waals surface area contributed by atoms with E-state index in [-0.39, 0.29) is 17.5 Å². The SMILES string of the molecule is CC[C@@H](C)NC(=O)[C@@H](CC)n1nc(C)c2sc3ccccc3c2c1=O. The number of hydrogen-bond acceptors (Lipinski definition) is 4. The Bertz CT molecular complexity index is 989. The third kappa shape index (κ3) is 3.06. The molecule has 0 saturated carbocycles. The van der Waals surface area contributed by atoms with E-state index < -0.39 is 6.04 Å². The molecular weight excluding hydrogens is 334 g/mol. The Kier molecular flexibility index (Phi) is 4.90. The fourth-order valence-electron chi connectivity index (χ4n) is 3.00. The van der Waals surface area contributed by atoms with Gasteiger partial charge in [-0.1, -0.05) is 32.0 Å². The molecule has 3 aromatic rings. The van der Waals surface area contributed by atoms with Crippen molar-refractivity contribution in [3.8, 4) is 0 Å². The molecule has 2 heterocycles. The molecule has 2 aromatic heterocycles. The van der Waals surface area contributed by atoms with Crippen LogP contribution in [0.4, 0.5) is 0 Å². The molecule has 0 aliphatic heterocycles. The van der Waals surface area contributed by atoms with Crippen molar-refractivity contribution in [3.05, 3.63) is 40.3 Å². The monoisotopic (exact) mass is 357 g/mol. The minimum Gasteiger partial charge on any atom is -0.352 e. The summed E-state index contributed by atoms with van der Waals surface area (Å²) in [4.78, 5) is 25.8. The van der Waals surface area contributed by atoms with Gasteiger partial charge in [0, 0.05) is 16.1 Å². The lowest BCUT2D eigenvalue weighted by molar-refractivity contribution is -0.125. The molecule has 0 aliphatic rings. The van der Waals surface area contributed by atoms with E-state index in [2.05, 4.69) is 10.4 Å². The van der Waals surface area contributed by atoms with Gasteiger partial charge in [0.05, 0.1) is 15.8 Å². The van der Waals surface area contributed by atoms with Crippen molar-refractivity contribution in [2.45, 2.75) is 52.6 Å². The smallest absolute Gasteiger partial charge is 0.276 e. The molecule has 0 aliphatic carbocycles. The molecule has 5 nitrogen and oxygen atoms in total. The van der Waals surface area contributed by atoms with Gasteiger partial charge in [-0.3, -0.25) is 9.59 Å². The number of thiophene rings is 1.